The molecule has 2 rings (SSSR count). The second-order valence-corrected chi connectivity index (χ2v) is 6.25. The lowest BCUT2D eigenvalue weighted by molar-refractivity contribution is 0.191. The molecule has 0 aliphatic rings. The Labute approximate surface area is 120 Å². The van der Waals surface area contributed by atoms with Crippen LogP contribution in [0, 0.1) is 0 Å². The maximum Gasteiger partial charge on any atom is 0.0636 e. The van der Waals surface area contributed by atoms with E-state index >= 15 is 0 Å². The molecule has 1 aromatic heterocycles. The maximum atomic E-state index is 9.18. The van der Waals surface area contributed by atoms with Crippen molar-refractivity contribution in [3.8, 4) is 10.4 Å². The topological polar surface area (TPSA) is 32.3 Å². The number of halogens is 1. The smallest absolute Gasteiger partial charge is 0.0636 e. The number of thiophene rings is 1. The summed E-state index contributed by atoms with van der Waals surface area (Å²) < 4.78 is 1.12. The zero-order valence-corrected chi connectivity index (χ0v) is 12.6. The lowest BCUT2D eigenvalue weighted by Crippen LogP contribution is -2.23. The Hall–Kier alpha value is -0.680. The van der Waals surface area contributed by atoms with Gasteiger partial charge in [0, 0.05) is 32.9 Å². The molecule has 0 spiro atoms. The van der Waals surface area contributed by atoms with Gasteiger partial charge in [0.05, 0.1) is 6.10 Å². The fourth-order valence-electron chi connectivity index (χ4n) is 1.68. The van der Waals surface area contributed by atoms with E-state index in [0.717, 1.165) is 11.0 Å². The van der Waals surface area contributed by atoms with Crippen LogP contribution in [-0.2, 0) is 6.54 Å². The molecule has 1 aromatic carbocycles. The van der Waals surface area contributed by atoms with Crippen LogP contribution in [0.15, 0.2) is 40.9 Å². The van der Waals surface area contributed by atoms with E-state index in [1.54, 1.807) is 18.3 Å². The molecule has 18 heavy (non-hydrogen) atoms. The molecule has 2 N–H and O–H groups in total. The Morgan fingerprint density at radius 1 is 1.28 bits per heavy atom. The summed E-state index contributed by atoms with van der Waals surface area (Å²) in [5.74, 6) is 0. The van der Waals surface area contributed by atoms with Crippen molar-refractivity contribution in [3.05, 3.63) is 45.7 Å². The van der Waals surface area contributed by atoms with E-state index in [2.05, 4.69) is 45.5 Å². The van der Waals surface area contributed by atoms with Crippen LogP contribution in [0.3, 0.4) is 0 Å². The molecule has 1 heterocycles. The normalized spacial score (nSPS) is 12.6. The quantitative estimate of drug-likeness (QED) is 0.879. The van der Waals surface area contributed by atoms with E-state index in [4.69, 9.17) is 0 Å². The largest absolute Gasteiger partial charge is 0.392 e. The van der Waals surface area contributed by atoms with Crippen molar-refractivity contribution >= 4 is 27.3 Å². The van der Waals surface area contributed by atoms with Crippen LogP contribution < -0.4 is 5.32 Å². The van der Waals surface area contributed by atoms with Crippen LogP contribution in [-0.4, -0.2) is 17.8 Å². The minimum absolute atomic E-state index is 0.298. The van der Waals surface area contributed by atoms with Gasteiger partial charge in [0.1, 0.15) is 0 Å². The van der Waals surface area contributed by atoms with Crippen molar-refractivity contribution < 1.29 is 5.11 Å². The minimum atomic E-state index is -0.298. The first-order chi connectivity index (χ1) is 8.66. The number of rotatable bonds is 5. The summed E-state index contributed by atoms with van der Waals surface area (Å²) in [4.78, 5) is 2.54. The van der Waals surface area contributed by atoms with Crippen LogP contribution in [0.4, 0.5) is 0 Å². The second kappa shape index (κ2) is 6.48. The third kappa shape index (κ3) is 3.65. The van der Waals surface area contributed by atoms with E-state index in [9.17, 15) is 5.11 Å². The lowest BCUT2D eigenvalue weighted by Gasteiger charge is -2.04. The molecule has 0 bridgehead atoms. The van der Waals surface area contributed by atoms with Crippen LogP contribution in [0.5, 0.6) is 0 Å². The number of hydrogen-bond donors (Lipinski definition) is 2. The van der Waals surface area contributed by atoms with Gasteiger partial charge < -0.3 is 10.4 Å². The third-order valence-electron chi connectivity index (χ3n) is 2.54. The van der Waals surface area contributed by atoms with Crippen LogP contribution in [0.25, 0.3) is 10.4 Å². The summed E-state index contributed by atoms with van der Waals surface area (Å²) in [5, 5.41) is 12.4. The van der Waals surface area contributed by atoms with Gasteiger partial charge in [-0.05, 0) is 25.1 Å². The van der Waals surface area contributed by atoms with Gasteiger partial charge in [0.15, 0.2) is 0 Å². The lowest BCUT2D eigenvalue weighted by atomic mass is 10.2. The van der Waals surface area contributed by atoms with Crippen molar-refractivity contribution in [2.75, 3.05) is 6.54 Å². The highest BCUT2D eigenvalue weighted by molar-refractivity contribution is 9.10. The van der Waals surface area contributed by atoms with Gasteiger partial charge in [-0.3, -0.25) is 0 Å². The van der Waals surface area contributed by atoms with Gasteiger partial charge >= 0.3 is 0 Å². The van der Waals surface area contributed by atoms with Crippen molar-refractivity contribution in [2.24, 2.45) is 0 Å². The summed E-state index contributed by atoms with van der Waals surface area (Å²) in [5.41, 5.74) is 1.23. The monoisotopic (exact) mass is 325 g/mol. The molecule has 0 aliphatic carbocycles. The van der Waals surface area contributed by atoms with Crippen LogP contribution in [0.1, 0.15) is 11.8 Å². The van der Waals surface area contributed by atoms with Gasteiger partial charge in [-0.15, -0.1) is 11.3 Å². The Kier molecular flexibility index (Phi) is 4.95. The predicted octanol–water partition coefficient (Wildman–Crippen LogP) is 3.65. The standard InChI is InChI=1S/C14H16BrNOS/c1-10(17)8-16-9-11-6-7-14(18-11)12-4-2-3-5-13(12)15/h2-7,10,16-17H,8-9H2,1H3. The fourth-order valence-corrected chi connectivity index (χ4v) is 3.33. The molecule has 2 aromatic rings. The molecule has 4 heteroatoms. The molecule has 0 radical (unpaired) electrons. The van der Waals surface area contributed by atoms with Crippen molar-refractivity contribution in [2.45, 2.75) is 19.6 Å². The number of aliphatic hydroxyl groups is 1. The average Bonchev–Trinajstić information content (AvgIpc) is 2.78. The van der Waals surface area contributed by atoms with E-state index in [0.29, 0.717) is 6.54 Å². The zero-order valence-electron chi connectivity index (χ0n) is 10.2. The Morgan fingerprint density at radius 3 is 2.78 bits per heavy atom. The molecule has 1 atom stereocenters. The predicted molar refractivity (Wildman–Crippen MR) is 80.8 cm³/mol. The summed E-state index contributed by atoms with van der Waals surface area (Å²) in [7, 11) is 0. The molecule has 0 amide bonds. The number of nitrogens with one attached hydrogen (secondary N) is 1. The molecular weight excluding hydrogens is 310 g/mol. The minimum Gasteiger partial charge on any atom is -0.392 e. The van der Waals surface area contributed by atoms with Gasteiger partial charge in [-0.25, -0.2) is 0 Å². The molecule has 2 nitrogen and oxygen atoms in total. The van der Waals surface area contributed by atoms with Crippen molar-refractivity contribution in [3.63, 3.8) is 0 Å². The average molecular weight is 326 g/mol. The first kappa shape index (κ1) is 13.7. The molecule has 0 fully saturated rings. The number of hydrogen-bond acceptors (Lipinski definition) is 3. The Bertz CT molecular complexity index is 510. The molecule has 0 saturated heterocycles. The zero-order chi connectivity index (χ0) is 13.0. The SMILES string of the molecule is CC(O)CNCc1ccc(-c2ccccc2Br)s1. The third-order valence-corrected chi connectivity index (χ3v) is 4.35. The van der Waals surface area contributed by atoms with Crippen molar-refractivity contribution in [1.29, 1.82) is 0 Å². The Balaban J connectivity index is 2.04. The molecule has 96 valence electrons. The summed E-state index contributed by atoms with van der Waals surface area (Å²) >= 11 is 5.35. The number of aliphatic hydroxyl groups excluding tert-OH is 1. The van der Waals surface area contributed by atoms with E-state index < -0.39 is 0 Å². The van der Waals surface area contributed by atoms with Crippen LogP contribution in [0.2, 0.25) is 0 Å². The van der Waals surface area contributed by atoms with E-state index in [-0.39, 0.29) is 6.10 Å². The highest BCUT2D eigenvalue weighted by Gasteiger charge is 2.06. The van der Waals surface area contributed by atoms with Gasteiger partial charge in [0.2, 0.25) is 0 Å². The van der Waals surface area contributed by atoms with Crippen LogP contribution >= 0.6 is 27.3 Å². The van der Waals surface area contributed by atoms with E-state index in [1.807, 2.05) is 12.1 Å². The summed E-state index contributed by atoms with van der Waals surface area (Å²) in [6.45, 7) is 3.22. The maximum absolute atomic E-state index is 9.18. The summed E-state index contributed by atoms with van der Waals surface area (Å²) in [6, 6.07) is 12.5. The second-order valence-electron chi connectivity index (χ2n) is 4.23. The van der Waals surface area contributed by atoms with Gasteiger partial charge in [-0.2, -0.15) is 0 Å². The molecule has 1 unspecified atom stereocenters. The van der Waals surface area contributed by atoms with Crippen molar-refractivity contribution in [1.82, 2.24) is 5.32 Å². The molecule has 0 aliphatic heterocycles. The highest BCUT2D eigenvalue weighted by Crippen LogP contribution is 2.33. The highest BCUT2D eigenvalue weighted by atomic mass is 79.9. The molecule has 0 saturated carbocycles. The van der Waals surface area contributed by atoms with E-state index in [1.165, 1.54) is 15.3 Å². The Morgan fingerprint density at radius 2 is 2.06 bits per heavy atom. The van der Waals surface area contributed by atoms with Gasteiger partial charge in [0.25, 0.3) is 0 Å². The number of benzene rings is 1. The first-order valence-corrected chi connectivity index (χ1v) is 7.50. The molecular formula is C14H16BrNOS. The summed E-state index contributed by atoms with van der Waals surface area (Å²) in [6.07, 6.45) is -0.298. The first-order valence-electron chi connectivity index (χ1n) is 5.89. The fraction of sp³-hybridized carbons (Fsp3) is 0.286. The van der Waals surface area contributed by atoms with Gasteiger partial charge in [-0.1, -0.05) is 34.1 Å².